The number of nitrogens with zero attached hydrogens (tertiary/aromatic N) is 3. The Morgan fingerprint density at radius 2 is 1.86 bits per heavy atom. The van der Waals surface area contributed by atoms with Crippen LogP contribution in [0.25, 0.3) is 16.9 Å². The summed E-state index contributed by atoms with van der Waals surface area (Å²) < 4.78 is 15.1. The summed E-state index contributed by atoms with van der Waals surface area (Å²) in [4.78, 5) is 25.6. The van der Waals surface area contributed by atoms with Gasteiger partial charge in [0.1, 0.15) is 5.82 Å². The molecule has 0 bridgehead atoms. The summed E-state index contributed by atoms with van der Waals surface area (Å²) in [5.74, 6) is -0.511. The van der Waals surface area contributed by atoms with Crippen LogP contribution >= 0.6 is 0 Å². The van der Waals surface area contributed by atoms with Crippen LogP contribution in [0, 0.1) is 5.82 Å². The monoisotopic (exact) mass is 392 g/mol. The van der Waals surface area contributed by atoms with E-state index in [0.717, 1.165) is 23.2 Å². The highest BCUT2D eigenvalue weighted by Crippen LogP contribution is 2.24. The third-order valence-corrected chi connectivity index (χ3v) is 4.91. The quantitative estimate of drug-likeness (QED) is 0.701. The maximum absolute atomic E-state index is 13.3. The SMILES string of the molecule is O=C(CN1CCCC1=O)NCc1cn(-c2ccccc2)nc1-c1ccc(F)cc1. The predicted molar refractivity (Wildman–Crippen MR) is 107 cm³/mol. The van der Waals surface area contributed by atoms with Crippen LogP contribution < -0.4 is 5.32 Å². The van der Waals surface area contributed by atoms with Crippen molar-refractivity contribution in [3.05, 3.63) is 72.2 Å². The molecule has 1 aliphatic heterocycles. The Kier molecular flexibility index (Phi) is 5.37. The summed E-state index contributed by atoms with van der Waals surface area (Å²) in [6.07, 6.45) is 3.16. The van der Waals surface area contributed by atoms with Crippen LogP contribution in [0.3, 0.4) is 0 Å². The molecule has 2 amide bonds. The number of nitrogens with one attached hydrogen (secondary N) is 1. The molecule has 2 aromatic carbocycles. The van der Waals surface area contributed by atoms with Crippen LogP contribution in [-0.2, 0) is 16.1 Å². The zero-order valence-corrected chi connectivity index (χ0v) is 15.8. The molecule has 1 N–H and O–H groups in total. The normalized spacial score (nSPS) is 13.7. The van der Waals surface area contributed by atoms with Crippen molar-refractivity contribution >= 4 is 11.8 Å². The molecule has 0 spiro atoms. The van der Waals surface area contributed by atoms with Crippen LogP contribution in [0.2, 0.25) is 0 Å². The standard InChI is InChI=1S/C22H21FN4O2/c23-18-10-8-16(9-11-18)22-17(14-27(25-22)19-5-2-1-3-6-19)13-24-20(28)15-26-12-4-7-21(26)29/h1-3,5-6,8-11,14H,4,7,12-13,15H2,(H,24,28). The average molecular weight is 392 g/mol. The highest BCUT2D eigenvalue weighted by molar-refractivity contribution is 5.85. The van der Waals surface area contributed by atoms with E-state index < -0.39 is 0 Å². The molecule has 148 valence electrons. The lowest BCUT2D eigenvalue weighted by atomic mass is 10.1. The predicted octanol–water partition coefficient (Wildman–Crippen LogP) is 2.92. The van der Waals surface area contributed by atoms with Crippen molar-refractivity contribution in [2.45, 2.75) is 19.4 Å². The molecule has 1 aromatic heterocycles. The van der Waals surface area contributed by atoms with Crippen molar-refractivity contribution in [3.8, 4) is 16.9 Å². The van der Waals surface area contributed by atoms with Gasteiger partial charge in [-0.3, -0.25) is 9.59 Å². The van der Waals surface area contributed by atoms with Gasteiger partial charge in [-0.2, -0.15) is 5.10 Å². The zero-order chi connectivity index (χ0) is 20.2. The molecule has 0 saturated carbocycles. The number of benzene rings is 2. The molecule has 3 aromatic rings. The average Bonchev–Trinajstić information content (AvgIpc) is 3.34. The Morgan fingerprint density at radius 1 is 1.10 bits per heavy atom. The summed E-state index contributed by atoms with van der Waals surface area (Å²) in [6, 6.07) is 15.7. The lowest BCUT2D eigenvalue weighted by Gasteiger charge is -2.14. The van der Waals surface area contributed by atoms with Crippen molar-refractivity contribution in [2.24, 2.45) is 0 Å². The minimum Gasteiger partial charge on any atom is -0.350 e. The summed E-state index contributed by atoms with van der Waals surface area (Å²) in [7, 11) is 0. The summed E-state index contributed by atoms with van der Waals surface area (Å²) in [5, 5.41) is 7.52. The van der Waals surface area contributed by atoms with E-state index >= 15 is 0 Å². The number of halogens is 1. The molecule has 0 aliphatic carbocycles. The number of amides is 2. The topological polar surface area (TPSA) is 67.2 Å². The third kappa shape index (κ3) is 4.34. The third-order valence-electron chi connectivity index (χ3n) is 4.91. The highest BCUT2D eigenvalue weighted by atomic mass is 19.1. The fourth-order valence-electron chi connectivity index (χ4n) is 3.40. The molecule has 6 nitrogen and oxygen atoms in total. The zero-order valence-electron chi connectivity index (χ0n) is 15.8. The van der Waals surface area contributed by atoms with Gasteiger partial charge in [-0.25, -0.2) is 9.07 Å². The van der Waals surface area contributed by atoms with Gasteiger partial charge < -0.3 is 10.2 Å². The van der Waals surface area contributed by atoms with E-state index in [9.17, 15) is 14.0 Å². The van der Waals surface area contributed by atoms with Crippen molar-refractivity contribution in [1.82, 2.24) is 20.0 Å². The van der Waals surface area contributed by atoms with Crippen molar-refractivity contribution < 1.29 is 14.0 Å². The maximum Gasteiger partial charge on any atom is 0.239 e. The van der Waals surface area contributed by atoms with Gasteiger partial charge in [-0.15, -0.1) is 0 Å². The van der Waals surface area contributed by atoms with Gasteiger partial charge in [0.15, 0.2) is 0 Å². The molecule has 0 atom stereocenters. The molecule has 2 heterocycles. The van der Waals surface area contributed by atoms with Crippen LogP contribution in [-0.4, -0.2) is 39.6 Å². The largest absolute Gasteiger partial charge is 0.350 e. The van der Waals surface area contributed by atoms with Crippen LogP contribution in [0.4, 0.5) is 4.39 Å². The van der Waals surface area contributed by atoms with E-state index in [0.29, 0.717) is 18.7 Å². The first-order valence-corrected chi connectivity index (χ1v) is 9.54. The van der Waals surface area contributed by atoms with Gasteiger partial charge in [0, 0.05) is 36.8 Å². The van der Waals surface area contributed by atoms with Crippen LogP contribution in [0.15, 0.2) is 60.8 Å². The second-order valence-corrected chi connectivity index (χ2v) is 6.99. The molecule has 1 aliphatic rings. The number of carbonyl (C=O) groups is 2. The molecule has 4 rings (SSSR count). The second kappa shape index (κ2) is 8.26. The van der Waals surface area contributed by atoms with Gasteiger partial charge in [0.25, 0.3) is 0 Å². The number of para-hydroxylation sites is 1. The molecule has 1 saturated heterocycles. The maximum atomic E-state index is 13.3. The number of aromatic nitrogens is 2. The molecule has 0 unspecified atom stereocenters. The fourth-order valence-corrected chi connectivity index (χ4v) is 3.40. The summed E-state index contributed by atoms with van der Waals surface area (Å²) >= 11 is 0. The number of likely N-dealkylation sites (tertiary alicyclic amines) is 1. The van der Waals surface area contributed by atoms with E-state index in [1.807, 2.05) is 36.5 Å². The van der Waals surface area contributed by atoms with E-state index in [2.05, 4.69) is 10.4 Å². The van der Waals surface area contributed by atoms with Crippen LogP contribution in [0.5, 0.6) is 0 Å². The fraction of sp³-hybridized carbons (Fsp3) is 0.227. The second-order valence-electron chi connectivity index (χ2n) is 6.99. The molecule has 1 fully saturated rings. The number of hydrogen-bond acceptors (Lipinski definition) is 3. The van der Waals surface area contributed by atoms with Crippen molar-refractivity contribution in [2.75, 3.05) is 13.1 Å². The first kappa shape index (κ1) is 18.9. The number of carbonyl (C=O) groups excluding carboxylic acids is 2. The lowest BCUT2D eigenvalue weighted by molar-refractivity contribution is -0.133. The molecule has 7 heteroatoms. The molecule has 29 heavy (non-hydrogen) atoms. The van der Waals surface area contributed by atoms with E-state index in [1.165, 1.54) is 12.1 Å². The Balaban J connectivity index is 1.55. The lowest BCUT2D eigenvalue weighted by Crippen LogP contribution is -2.37. The van der Waals surface area contributed by atoms with Gasteiger partial charge >= 0.3 is 0 Å². The molecule has 0 radical (unpaired) electrons. The van der Waals surface area contributed by atoms with E-state index in [1.54, 1.807) is 21.7 Å². The van der Waals surface area contributed by atoms with Gasteiger partial charge in [-0.1, -0.05) is 18.2 Å². The first-order valence-electron chi connectivity index (χ1n) is 9.54. The van der Waals surface area contributed by atoms with Gasteiger partial charge in [-0.05, 0) is 42.8 Å². The van der Waals surface area contributed by atoms with Gasteiger partial charge in [0.05, 0.1) is 17.9 Å². The highest BCUT2D eigenvalue weighted by Gasteiger charge is 2.22. The minimum atomic E-state index is -0.318. The Morgan fingerprint density at radius 3 is 2.55 bits per heavy atom. The smallest absolute Gasteiger partial charge is 0.239 e. The van der Waals surface area contributed by atoms with Crippen LogP contribution in [0.1, 0.15) is 18.4 Å². The number of rotatable bonds is 6. The van der Waals surface area contributed by atoms with E-state index in [4.69, 9.17) is 0 Å². The first-order chi connectivity index (χ1) is 14.1. The van der Waals surface area contributed by atoms with E-state index in [-0.39, 0.29) is 30.7 Å². The number of hydrogen-bond donors (Lipinski definition) is 1. The molecular formula is C22H21FN4O2. The minimum absolute atomic E-state index is 0.0176. The Hall–Kier alpha value is -3.48. The summed E-state index contributed by atoms with van der Waals surface area (Å²) in [6.45, 7) is 0.955. The Labute approximate surface area is 167 Å². The van der Waals surface area contributed by atoms with Crippen molar-refractivity contribution in [3.63, 3.8) is 0 Å². The summed E-state index contributed by atoms with van der Waals surface area (Å²) in [5.41, 5.74) is 3.13. The van der Waals surface area contributed by atoms with Crippen molar-refractivity contribution in [1.29, 1.82) is 0 Å². The molecular weight excluding hydrogens is 371 g/mol. The van der Waals surface area contributed by atoms with Gasteiger partial charge in [0.2, 0.25) is 11.8 Å². The Bertz CT molecular complexity index is 1020.